The van der Waals surface area contributed by atoms with Gasteiger partial charge in [-0.15, -0.1) is 0 Å². The summed E-state index contributed by atoms with van der Waals surface area (Å²) in [6, 6.07) is 0. The minimum atomic E-state index is -1.73. The van der Waals surface area contributed by atoms with Gasteiger partial charge in [0.15, 0.2) is 5.78 Å². The van der Waals surface area contributed by atoms with Crippen molar-refractivity contribution in [1.29, 1.82) is 0 Å². The molecule has 13 heavy (non-hydrogen) atoms. The lowest BCUT2D eigenvalue weighted by molar-refractivity contribution is -0.152. The molecule has 1 atom stereocenters. The van der Waals surface area contributed by atoms with E-state index in [-0.39, 0.29) is 6.61 Å². The second kappa shape index (κ2) is 4.47. The Bertz CT molecular complexity index is 266. The zero-order valence-corrected chi connectivity index (χ0v) is 7.77. The third-order valence-electron chi connectivity index (χ3n) is 1.60. The number of hydrogen-bond donors (Lipinski definition) is 0. The molecule has 0 aliphatic rings. The summed E-state index contributed by atoms with van der Waals surface area (Å²) in [4.78, 5) is 24.6. The Hall–Kier alpha value is -1.55. The number of ether oxygens (including phenoxy) is 1. The molecule has 6 heteroatoms. The van der Waals surface area contributed by atoms with Gasteiger partial charge in [0.25, 0.3) is 0 Å². The number of Topliss-reactive ketones (excluding diaryl/α,β-unsaturated/α-hetero) is 1. The molecule has 0 aliphatic carbocycles. The first-order chi connectivity index (χ1) is 5.99. The molecule has 0 radical (unpaired) electrons. The molecule has 0 spiro atoms. The van der Waals surface area contributed by atoms with Gasteiger partial charge in [-0.3, -0.25) is 9.59 Å². The molecule has 6 nitrogen and oxygen atoms in total. The fraction of sp³-hybridized carbons (Fsp3) is 0.714. The molecule has 1 unspecified atom stereocenters. The molecule has 0 heterocycles. The normalized spacial score (nSPS) is 13.8. The summed E-state index contributed by atoms with van der Waals surface area (Å²) in [6.45, 7) is 4.15. The fourth-order valence-corrected chi connectivity index (χ4v) is 0.616. The summed E-state index contributed by atoms with van der Waals surface area (Å²) in [5, 5.41) is 3.13. The zero-order chi connectivity index (χ0) is 10.5. The van der Waals surface area contributed by atoms with Gasteiger partial charge < -0.3 is 4.74 Å². The van der Waals surface area contributed by atoms with E-state index in [2.05, 4.69) is 14.8 Å². The maximum Gasteiger partial charge on any atom is 0.325 e. The number of nitrogens with zero attached hydrogens (tertiary/aromatic N) is 3. The second-order valence-corrected chi connectivity index (χ2v) is 2.54. The highest BCUT2D eigenvalue weighted by Crippen LogP contribution is 2.14. The molecule has 0 bridgehead atoms. The van der Waals surface area contributed by atoms with Crippen LogP contribution in [0.25, 0.3) is 10.4 Å². The van der Waals surface area contributed by atoms with Crippen LogP contribution in [0.2, 0.25) is 0 Å². The highest BCUT2D eigenvalue weighted by Gasteiger charge is 2.38. The lowest BCUT2D eigenvalue weighted by Gasteiger charge is -2.17. The molecule has 0 saturated carbocycles. The van der Waals surface area contributed by atoms with Crippen LogP contribution in [0.3, 0.4) is 0 Å². The molecule has 0 aromatic rings. The molecule has 0 aromatic heterocycles. The van der Waals surface area contributed by atoms with Gasteiger partial charge in [-0.05, 0) is 26.3 Å². The predicted octanol–water partition coefficient (Wildman–Crippen LogP) is 1.21. The number of rotatable bonds is 4. The average molecular weight is 185 g/mol. The van der Waals surface area contributed by atoms with Crippen molar-refractivity contribution < 1.29 is 14.3 Å². The van der Waals surface area contributed by atoms with Crippen LogP contribution in [-0.4, -0.2) is 23.9 Å². The van der Waals surface area contributed by atoms with E-state index in [0.29, 0.717) is 0 Å². The number of ketones is 1. The van der Waals surface area contributed by atoms with Crippen molar-refractivity contribution >= 4 is 11.8 Å². The van der Waals surface area contributed by atoms with Gasteiger partial charge in [-0.1, -0.05) is 5.11 Å². The van der Waals surface area contributed by atoms with Crippen LogP contribution in [0, 0.1) is 0 Å². The number of hydrogen-bond acceptors (Lipinski definition) is 4. The Balaban J connectivity index is 4.89. The van der Waals surface area contributed by atoms with E-state index in [9.17, 15) is 9.59 Å². The van der Waals surface area contributed by atoms with Gasteiger partial charge in [-0.2, -0.15) is 0 Å². The largest absolute Gasteiger partial charge is 0.465 e. The molecule has 0 fully saturated rings. The van der Waals surface area contributed by atoms with Crippen LogP contribution in [0.15, 0.2) is 5.11 Å². The van der Waals surface area contributed by atoms with Gasteiger partial charge in [-0.25, -0.2) is 0 Å². The molecular formula is C7H11N3O3. The SMILES string of the molecule is CCOC(=O)C(C)(N=[N+]=[N-])C(C)=O. The fourth-order valence-electron chi connectivity index (χ4n) is 0.616. The van der Waals surface area contributed by atoms with Crippen molar-refractivity contribution in [3.63, 3.8) is 0 Å². The van der Waals surface area contributed by atoms with E-state index in [0.717, 1.165) is 0 Å². The van der Waals surface area contributed by atoms with Crippen LogP contribution >= 0.6 is 0 Å². The maximum atomic E-state index is 11.2. The van der Waals surface area contributed by atoms with E-state index < -0.39 is 17.3 Å². The minimum absolute atomic E-state index is 0.142. The van der Waals surface area contributed by atoms with Gasteiger partial charge in [0.05, 0.1) is 6.61 Å². The summed E-state index contributed by atoms with van der Waals surface area (Å²) in [5.41, 5.74) is 6.43. The van der Waals surface area contributed by atoms with Crippen molar-refractivity contribution in [2.45, 2.75) is 26.3 Å². The zero-order valence-electron chi connectivity index (χ0n) is 7.77. The van der Waals surface area contributed by atoms with Crippen LogP contribution in [0.1, 0.15) is 20.8 Å². The smallest absolute Gasteiger partial charge is 0.325 e. The van der Waals surface area contributed by atoms with E-state index in [1.165, 1.54) is 13.8 Å². The van der Waals surface area contributed by atoms with Crippen molar-refractivity contribution in [1.82, 2.24) is 0 Å². The Labute approximate surface area is 75.5 Å². The van der Waals surface area contributed by atoms with Crippen molar-refractivity contribution in [2.75, 3.05) is 6.61 Å². The first-order valence-electron chi connectivity index (χ1n) is 3.73. The first-order valence-corrected chi connectivity index (χ1v) is 3.73. The van der Waals surface area contributed by atoms with Gasteiger partial charge in [0.1, 0.15) is 0 Å². The molecule has 0 amide bonds. The molecule has 0 saturated heterocycles. The molecule has 0 aromatic carbocycles. The number of azide groups is 1. The van der Waals surface area contributed by atoms with E-state index in [4.69, 9.17) is 5.53 Å². The summed E-state index contributed by atoms with van der Waals surface area (Å²) in [5.74, 6) is -1.36. The van der Waals surface area contributed by atoms with E-state index >= 15 is 0 Å². The number of esters is 1. The second-order valence-electron chi connectivity index (χ2n) is 2.54. The van der Waals surface area contributed by atoms with Crippen LogP contribution in [0.4, 0.5) is 0 Å². The standard InChI is InChI=1S/C7H11N3O3/c1-4-13-6(12)7(3,5(2)11)9-10-8/h4H2,1-3H3. The highest BCUT2D eigenvalue weighted by molar-refractivity contribution is 6.07. The summed E-state index contributed by atoms with van der Waals surface area (Å²) in [7, 11) is 0. The van der Waals surface area contributed by atoms with Crippen LogP contribution in [-0.2, 0) is 14.3 Å². The van der Waals surface area contributed by atoms with E-state index in [1.54, 1.807) is 6.92 Å². The highest BCUT2D eigenvalue weighted by atomic mass is 16.5. The first kappa shape index (κ1) is 11.4. The van der Waals surface area contributed by atoms with Crippen LogP contribution < -0.4 is 0 Å². The van der Waals surface area contributed by atoms with Crippen molar-refractivity contribution in [3.8, 4) is 0 Å². The number of carbonyl (C=O) groups is 2. The Kier molecular flexibility index (Phi) is 3.94. The Morgan fingerprint density at radius 3 is 2.46 bits per heavy atom. The molecule has 0 aliphatic heterocycles. The lowest BCUT2D eigenvalue weighted by atomic mass is 9.99. The third kappa shape index (κ3) is 2.45. The van der Waals surface area contributed by atoms with E-state index in [1.807, 2.05) is 0 Å². The monoisotopic (exact) mass is 185 g/mol. The quantitative estimate of drug-likeness (QED) is 0.216. The topological polar surface area (TPSA) is 92.1 Å². The third-order valence-corrected chi connectivity index (χ3v) is 1.60. The van der Waals surface area contributed by atoms with Crippen LogP contribution in [0.5, 0.6) is 0 Å². The molecule has 0 rings (SSSR count). The minimum Gasteiger partial charge on any atom is -0.465 e. The average Bonchev–Trinajstić information content (AvgIpc) is 2.04. The maximum absolute atomic E-state index is 11.2. The number of carbonyl (C=O) groups excluding carboxylic acids is 2. The van der Waals surface area contributed by atoms with Gasteiger partial charge in [0, 0.05) is 4.91 Å². The summed E-state index contributed by atoms with van der Waals surface area (Å²) < 4.78 is 4.60. The Morgan fingerprint density at radius 1 is 1.62 bits per heavy atom. The lowest BCUT2D eigenvalue weighted by Crippen LogP contribution is -2.41. The predicted molar refractivity (Wildman–Crippen MR) is 44.9 cm³/mol. The van der Waals surface area contributed by atoms with Gasteiger partial charge >= 0.3 is 5.97 Å². The van der Waals surface area contributed by atoms with Crippen molar-refractivity contribution in [3.05, 3.63) is 10.4 Å². The van der Waals surface area contributed by atoms with Gasteiger partial charge in [0.2, 0.25) is 5.54 Å². The van der Waals surface area contributed by atoms with Crippen molar-refractivity contribution in [2.24, 2.45) is 5.11 Å². The molecule has 72 valence electrons. The summed E-state index contributed by atoms with van der Waals surface area (Å²) >= 11 is 0. The molecule has 0 N–H and O–H groups in total. The Morgan fingerprint density at radius 2 is 2.15 bits per heavy atom. The summed E-state index contributed by atoms with van der Waals surface area (Å²) in [6.07, 6.45) is 0. The molecular weight excluding hydrogens is 174 g/mol.